The summed E-state index contributed by atoms with van der Waals surface area (Å²) in [5.41, 5.74) is 1.27. The molecule has 1 saturated carbocycles. The fraction of sp³-hybridized carbons (Fsp3) is 0.231. The van der Waals surface area contributed by atoms with Crippen LogP contribution in [0.2, 0.25) is 5.02 Å². The van der Waals surface area contributed by atoms with Crippen molar-refractivity contribution in [3.63, 3.8) is 0 Å². The Bertz CT molecular complexity index is 710. The number of H-pyrrole nitrogens is 1. The first-order chi connectivity index (χ1) is 9.06. The van der Waals surface area contributed by atoms with Crippen molar-refractivity contribution in [1.82, 2.24) is 9.97 Å². The molecule has 1 aliphatic rings. The number of phenolic OH excluding ortho intramolecular Hbond substituents is 1. The van der Waals surface area contributed by atoms with Crippen LogP contribution >= 0.6 is 27.5 Å². The summed E-state index contributed by atoms with van der Waals surface area (Å²) in [4.78, 5) is 19.1. The lowest BCUT2D eigenvalue weighted by Gasteiger charge is -2.06. The summed E-state index contributed by atoms with van der Waals surface area (Å²) in [5.74, 6) is 0.840. The van der Waals surface area contributed by atoms with Crippen molar-refractivity contribution < 1.29 is 5.11 Å². The highest BCUT2D eigenvalue weighted by Gasteiger charge is 2.29. The zero-order chi connectivity index (χ0) is 13.6. The van der Waals surface area contributed by atoms with Gasteiger partial charge in [0, 0.05) is 11.5 Å². The summed E-state index contributed by atoms with van der Waals surface area (Å²) in [5, 5.41) is 9.64. The molecule has 2 N–H and O–H groups in total. The molecule has 0 aliphatic heterocycles. The van der Waals surface area contributed by atoms with Crippen molar-refractivity contribution in [3.8, 4) is 17.1 Å². The molecule has 4 nitrogen and oxygen atoms in total. The third-order valence-electron chi connectivity index (χ3n) is 3.07. The number of nitrogens with one attached hydrogen (secondary N) is 1. The molecule has 0 radical (unpaired) electrons. The van der Waals surface area contributed by atoms with Gasteiger partial charge in [0.15, 0.2) is 0 Å². The molecule has 0 bridgehead atoms. The predicted molar refractivity (Wildman–Crippen MR) is 76.6 cm³/mol. The highest BCUT2D eigenvalue weighted by Crippen LogP contribution is 2.41. The fourth-order valence-electron chi connectivity index (χ4n) is 1.89. The Morgan fingerprint density at radius 3 is 2.79 bits per heavy atom. The molecular formula is C13H10BrClN2O2. The minimum absolute atomic E-state index is 0.00675. The lowest BCUT2D eigenvalue weighted by Crippen LogP contribution is -2.13. The Labute approximate surface area is 122 Å². The lowest BCUT2D eigenvalue weighted by molar-refractivity contribution is 0.475. The van der Waals surface area contributed by atoms with Crippen LogP contribution < -0.4 is 5.56 Å². The molecule has 0 saturated heterocycles. The zero-order valence-corrected chi connectivity index (χ0v) is 12.1. The van der Waals surface area contributed by atoms with Crippen molar-refractivity contribution in [2.45, 2.75) is 18.8 Å². The third kappa shape index (κ3) is 2.40. The van der Waals surface area contributed by atoms with Gasteiger partial charge in [-0.25, -0.2) is 4.98 Å². The van der Waals surface area contributed by atoms with E-state index in [0.717, 1.165) is 18.5 Å². The van der Waals surface area contributed by atoms with Gasteiger partial charge in [0.2, 0.25) is 0 Å². The van der Waals surface area contributed by atoms with E-state index in [9.17, 15) is 9.90 Å². The minimum Gasteiger partial charge on any atom is -0.506 e. The second-order valence-corrected chi connectivity index (χ2v) is 5.75. The van der Waals surface area contributed by atoms with Crippen molar-refractivity contribution in [2.24, 2.45) is 0 Å². The van der Waals surface area contributed by atoms with Crippen LogP contribution in [-0.4, -0.2) is 15.1 Å². The predicted octanol–water partition coefficient (Wildman–Crippen LogP) is 3.44. The van der Waals surface area contributed by atoms with E-state index in [4.69, 9.17) is 11.6 Å². The van der Waals surface area contributed by atoms with E-state index in [1.165, 1.54) is 6.07 Å². The van der Waals surface area contributed by atoms with Crippen LogP contribution in [0.25, 0.3) is 11.4 Å². The Hall–Kier alpha value is -1.33. The summed E-state index contributed by atoms with van der Waals surface area (Å²) in [6.45, 7) is 0. The van der Waals surface area contributed by atoms with Gasteiger partial charge in [-0.05, 0) is 47.0 Å². The maximum absolute atomic E-state index is 11.9. The second kappa shape index (κ2) is 4.65. The summed E-state index contributed by atoms with van der Waals surface area (Å²) >= 11 is 9.15. The summed E-state index contributed by atoms with van der Waals surface area (Å²) in [6, 6.07) is 4.74. The Morgan fingerprint density at radius 1 is 1.42 bits per heavy atom. The first kappa shape index (κ1) is 12.7. The third-order valence-corrected chi connectivity index (χ3v) is 4.14. The average molecular weight is 342 g/mol. The van der Waals surface area contributed by atoms with Crippen LogP contribution in [0.5, 0.6) is 5.75 Å². The first-order valence-corrected chi connectivity index (χ1v) is 7.02. The van der Waals surface area contributed by atoms with Crippen LogP contribution in [0.4, 0.5) is 0 Å². The summed E-state index contributed by atoms with van der Waals surface area (Å²) in [6.07, 6.45) is 2.12. The van der Waals surface area contributed by atoms with Gasteiger partial charge in [-0.15, -0.1) is 0 Å². The molecule has 98 valence electrons. The molecule has 0 unspecified atom stereocenters. The number of rotatable bonds is 2. The smallest absolute Gasteiger partial charge is 0.265 e. The number of hydrogen-bond donors (Lipinski definition) is 2. The number of halogens is 2. The molecule has 1 fully saturated rings. The molecule has 1 aliphatic carbocycles. The van der Waals surface area contributed by atoms with Gasteiger partial charge in [0.05, 0.1) is 10.7 Å². The van der Waals surface area contributed by atoms with Crippen LogP contribution in [0.15, 0.2) is 27.5 Å². The molecule has 0 atom stereocenters. The molecule has 6 heteroatoms. The minimum atomic E-state index is -0.198. The molecule has 1 heterocycles. The van der Waals surface area contributed by atoms with E-state index in [1.54, 1.807) is 12.1 Å². The van der Waals surface area contributed by atoms with Crippen molar-refractivity contribution >= 4 is 27.5 Å². The number of aromatic amines is 1. The number of benzene rings is 1. The standard InChI is InChI=1S/C13H10BrClN2O2/c14-10-11(6-1-2-6)16-12(17-13(10)19)7-3-4-9(18)8(15)5-7/h3-6,18H,1-2H2,(H,16,17,19). The summed E-state index contributed by atoms with van der Waals surface area (Å²) < 4.78 is 0.503. The van der Waals surface area contributed by atoms with Crippen LogP contribution in [0.1, 0.15) is 24.5 Å². The Kier molecular flexibility index (Phi) is 3.11. The topological polar surface area (TPSA) is 66.0 Å². The van der Waals surface area contributed by atoms with Crippen molar-refractivity contribution in [2.75, 3.05) is 0 Å². The molecule has 1 aromatic heterocycles. The van der Waals surface area contributed by atoms with Gasteiger partial charge in [0.25, 0.3) is 5.56 Å². The van der Waals surface area contributed by atoms with E-state index in [0.29, 0.717) is 21.8 Å². The molecule has 0 spiro atoms. The van der Waals surface area contributed by atoms with E-state index >= 15 is 0 Å². The monoisotopic (exact) mass is 340 g/mol. The second-order valence-electron chi connectivity index (χ2n) is 4.55. The number of phenols is 1. The van der Waals surface area contributed by atoms with Crippen LogP contribution in [0, 0.1) is 0 Å². The van der Waals surface area contributed by atoms with Gasteiger partial charge in [0.1, 0.15) is 16.0 Å². The Morgan fingerprint density at radius 2 is 2.16 bits per heavy atom. The van der Waals surface area contributed by atoms with Gasteiger partial charge in [-0.1, -0.05) is 11.6 Å². The van der Waals surface area contributed by atoms with E-state index < -0.39 is 0 Å². The normalized spacial score (nSPS) is 14.6. The largest absolute Gasteiger partial charge is 0.506 e. The van der Waals surface area contributed by atoms with E-state index in [2.05, 4.69) is 25.9 Å². The van der Waals surface area contributed by atoms with Crippen molar-refractivity contribution in [3.05, 3.63) is 43.7 Å². The molecule has 3 rings (SSSR count). The SMILES string of the molecule is O=c1[nH]c(-c2ccc(O)c(Cl)c2)nc(C2CC2)c1Br. The molecule has 2 aromatic rings. The number of aromatic hydroxyl groups is 1. The quantitative estimate of drug-likeness (QED) is 0.879. The maximum atomic E-state index is 11.9. The highest BCUT2D eigenvalue weighted by molar-refractivity contribution is 9.10. The van der Waals surface area contributed by atoms with Crippen LogP contribution in [-0.2, 0) is 0 Å². The van der Waals surface area contributed by atoms with Gasteiger partial charge in [-0.3, -0.25) is 4.79 Å². The average Bonchev–Trinajstić information content (AvgIpc) is 3.20. The molecule has 1 aromatic carbocycles. The Balaban J connectivity index is 2.14. The maximum Gasteiger partial charge on any atom is 0.265 e. The molecular weight excluding hydrogens is 332 g/mol. The van der Waals surface area contributed by atoms with Gasteiger partial charge >= 0.3 is 0 Å². The molecule has 0 amide bonds. The zero-order valence-electron chi connectivity index (χ0n) is 9.78. The lowest BCUT2D eigenvalue weighted by atomic mass is 10.2. The van der Waals surface area contributed by atoms with E-state index in [-0.39, 0.29) is 16.3 Å². The van der Waals surface area contributed by atoms with Crippen LogP contribution in [0.3, 0.4) is 0 Å². The van der Waals surface area contributed by atoms with Gasteiger partial charge < -0.3 is 10.1 Å². The first-order valence-electron chi connectivity index (χ1n) is 5.85. The highest BCUT2D eigenvalue weighted by atomic mass is 79.9. The van der Waals surface area contributed by atoms with E-state index in [1.807, 2.05) is 0 Å². The number of aromatic nitrogens is 2. The number of hydrogen-bond acceptors (Lipinski definition) is 3. The molecule has 19 heavy (non-hydrogen) atoms. The van der Waals surface area contributed by atoms with Crippen molar-refractivity contribution in [1.29, 1.82) is 0 Å². The number of nitrogens with zero attached hydrogens (tertiary/aromatic N) is 1. The fourth-order valence-corrected chi connectivity index (χ4v) is 2.59. The summed E-state index contributed by atoms with van der Waals surface area (Å²) in [7, 11) is 0. The van der Waals surface area contributed by atoms with Gasteiger partial charge in [-0.2, -0.15) is 0 Å².